The number of fused-ring (bicyclic) bond motifs is 1. The number of carbonyl (C=O) groups excluding carboxylic acids is 1. The van der Waals surface area contributed by atoms with Crippen LogP contribution in [0, 0.1) is 0 Å². The molecule has 0 aliphatic carbocycles. The van der Waals surface area contributed by atoms with Crippen molar-refractivity contribution in [2.24, 2.45) is 0 Å². The molecule has 2 aromatic carbocycles. The summed E-state index contributed by atoms with van der Waals surface area (Å²) in [6, 6.07) is 21.7. The number of rotatable bonds is 3. The highest BCUT2D eigenvalue weighted by molar-refractivity contribution is 5.94. The van der Waals surface area contributed by atoms with E-state index in [1.54, 1.807) is 18.5 Å². The number of pyridine rings is 1. The average molecular weight is 395 g/mol. The fraction of sp³-hybridized carbons (Fsp3) is 0.167. The second kappa shape index (κ2) is 7.91. The zero-order chi connectivity index (χ0) is 20.3. The first-order valence-electron chi connectivity index (χ1n) is 10.1. The Hall–Kier alpha value is -3.80. The molecule has 1 fully saturated rings. The first-order chi connectivity index (χ1) is 14.8. The van der Waals surface area contributed by atoms with Crippen LogP contribution < -0.4 is 4.90 Å². The van der Waals surface area contributed by atoms with Gasteiger partial charge in [0.05, 0.1) is 11.1 Å². The molecule has 0 saturated carbocycles. The maximum absolute atomic E-state index is 12.7. The fourth-order valence-electron chi connectivity index (χ4n) is 3.81. The Kier molecular flexibility index (Phi) is 4.81. The number of para-hydroxylation sites is 1. The molecule has 6 nitrogen and oxygen atoms in total. The van der Waals surface area contributed by atoms with E-state index in [9.17, 15) is 4.79 Å². The van der Waals surface area contributed by atoms with Crippen molar-refractivity contribution in [3.63, 3.8) is 0 Å². The number of piperazine rings is 1. The minimum absolute atomic E-state index is 0.0280. The Morgan fingerprint density at radius 2 is 1.57 bits per heavy atom. The lowest BCUT2D eigenvalue weighted by Crippen LogP contribution is -2.49. The monoisotopic (exact) mass is 395 g/mol. The molecule has 148 valence electrons. The largest absolute Gasteiger partial charge is 0.352 e. The van der Waals surface area contributed by atoms with Gasteiger partial charge >= 0.3 is 0 Å². The third-order valence-electron chi connectivity index (χ3n) is 5.39. The van der Waals surface area contributed by atoms with Crippen LogP contribution in [0.4, 0.5) is 5.82 Å². The molecule has 1 aliphatic rings. The van der Waals surface area contributed by atoms with Gasteiger partial charge in [0.2, 0.25) is 0 Å². The highest BCUT2D eigenvalue weighted by Gasteiger charge is 2.24. The molecule has 1 aliphatic heterocycles. The van der Waals surface area contributed by atoms with Gasteiger partial charge in [-0.3, -0.25) is 9.78 Å². The number of hydrogen-bond donors (Lipinski definition) is 0. The van der Waals surface area contributed by atoms with E-state index in [0.717, 1.165) is 41.2 Å². The fourth-order valence-corrected chi connectivity index (χ4v) is 3.81. The molecule has 0 bridgehead atoms. The molecule has 1 saturated heterocycles. The summed E-state index contributed by atoms with van der Waals surface area (Å²) in [5.41, 5.74) is 2.55. The van der Waals surface area contributed by atoms with Crippen LogP contribution in [0.1, 0.15) is 10.4 Å². The number of aromatic nitrogens is 3. The zero-order valence-electron chi connectivity index (χ0n) is 16.5. The molecule has 0 N–H and O–H groups in total. The summed E-state index contributed by atoms with van der Waals surface area (Å²) in [7, 11) is 0. The number of anilines is 1. The summed E-state index contributed by atoms with van der Waals surface area (Å²) in [5, 5.41) is 1.03. The minimum Gasteiger partial charge on any atom is -0.352 e. The number of carbonyl (C=O) groups is 1. The predicted molar refractivity (Wildman–Crippen MR) is 117 cm³/mol. The molecule has 1 amide bonds. The van der Waals surface area contributed by atoms with Crippen molar-refractivity contribution in [3.05, 3.63) is 84.7 Å². The van der Waals surface area contributed by atoms with E-state index in [-0.39, 0.29) is 5.91 Å². The molecule has 5 rings (SSSR count). The average Bonchev–Trinajstić information content (AvgIpc) is 2.84. The van der Waals surface area contributed by atoms with Gasteiger partial charge in [0.25, 0.3) is 5.91 Å². The number of benzene rings is 2. The van der Waals surface area contributed by atoms with E-state index in [1.165, 1.54) is 0 Å². The van der Waals surface area contributed by atoms with Crippen molar-refractivity contribution in [3.8, 4) is 11.4 Å². The summed E-state index contributed by atoms with van der Waals surface area (Å²) in [6.45, 7) is 2.74. The first kappa shape index (κ1) is 18.2. The van der Waals surface area contributed by atoms with Crippen molar-refractivity contribution in [2.45, 2.75) is 0 Å². The number of nitrogens with zero attached hydrogens (tertiary/aromatic N) is 5. The van der Waals surface area contributed by atoms with Gasteiger partial charge in [-0.15, -0.1) is 0 Å². The first-order valence-corrected chi connectivity index (χ1v) is 10.1. The van der Waals surface area contributed by atoms with Gasteiger partial charge in [0, 0.05) is 49.5 Å². The Labute approximate surface area is 174 Å². The molecule has 0 spiro atoms. The summed E-state index contributed by atoms with van der Waals surface area (Å²) in [6.07, 6.45) is 3.30. The van der Waals surface area contributed by atoms with Crippen LogP contribution in [0.5, 0.6) is 0 Å². The van der Waals surface area contributed by atoms with Crippen molar-refractivity contribution in [1.29, 1.82) is 0 Å². The van der Waals surface area contributed by atoms with Gasteiger partial charge in [-0.2, -0.15) is 0 Å². The minimum atomic E-state index is 0.0280. The Morgan fingerprint density at radius 3 is 2.33 bits per heavy atom. The van der Waals surface area contributed by atoms with Gasteiger partial charge in [-0.1, -0.05) is 42.5 Å². The lowest BCUT2D eigenvalue weighted by atomic mass is 10.1. The number of hydrogen-bond acceptors (Lipinski definition) is 5. The maximum atomic E-state index is 12.7. The molecule has 6 heteroatoms. The summed E-state index contributed by atoms with van der Waals surface area (Å²) in [4.78, 5) is 30.6. The Morgan fingerprint density at radius 1 is 0.800 bits per heavy atom. The smallest absolute Gasteiger partial charge is 0.255 e. The molecule has 0 unspecified atom stereocenters. The standard InChI is InChI=1S/C24H21N5O/c30-24(19-9-6-12-25-17-19)29-15-13-28(14-16-29)23-20-10-4-5-11-21(20)26-22(27-23)18-7-2-1-3-8-18/h1-12,17H,13-16H2. The quantitative estimate of drug-likeness (QED) is 0.530. The molecule has 3 heterocycles. The van der Waals surface area contributed by atoms with Crippen LogP contribution in [0.15, 0.2) is 79.1 Å². The molecule has 4 aromatic rings. The predicted octanol–water partition coefficient (Wildman–Crippen LogP) is 3.65. The summed E-state index contributed by atoms with van der Waals surface area (Å²) in [5.74, 6) is 1.67. The van der Waals surface area contributed by atoms with Gasteiger partial charge < -0.3 is 9.80 Å². The molecular formula is C24H21N5O. The molecular weight excluding hydrogens is 374 g/mol. The third kappa shape index (κ3) is 3.48. The zero-order valence-corrected chi connectivity index (χ0v) is 16.5. The van der Waals surface area contributed by atoms with E-state index in [1.807, 2.05) is 59.5 Å². The van der Waals surface area contributed by atoms with Gasteiger partial charge in [-0.05, 0) is 24.3 Å². The number of amides is 1. The molecule has 30 heavy (non-hydrogen) atoms. The third-order valence-corrected chi connectivity index (χ3v) is 5.39. The van der Waals surface area contributed by atoms with E-state index < -0.39 is 0 Å². The van der Waals surface area contributed by atoms with Crippen LogP contribution in [0.25, 0.3) is 22.3 Å². The van der Waals surface area contributed by atoms with Crippen LogP contribution >= 0.6 is 0 Å². The molecule has 0 atom stereocenters. The summed E-state index contributed by atoms with van der Waals surface area (Å²) < 4.78 is 0. The Balaban J connectivity index is 1.43. The Bertz CT molecular complexity index is 1170. The molecule has 0 radical (unpaired) electrons. The van der Waals surface area contributed by atoms with Gasteiger partial charge in [-0.25, -0.2) is 9.97 Å². The van der Waals surface area contributed by atoms with E-state index >= 15 is 0 Å². The lowest BCUT2D eigenvalue weighted by molar-refractivity contribution is 0.0746. The topological polar surface area (TPSA) is 62.2 Å². The SMILES string of the molecule is O=C(c1cccnc1)N1CCN(c2nc(-c3ccccc3)nc3ccccc23)CC1. The summed E-state index contributed by atoms with van der Waals surface area (Å²) >= 11 is 0. The van der Waals surface area contributed by atoms with E-state index in [0.29, 0.717) is 18.7 Å². The van der Waals surface area contributed by atoms with Crippen molar-refractivity contribution in [2.75, 3.05) is 31.1 Å². The highest BCUT2D eigenvalue weighted by atomic mass is 16.2. The van der Waals surface area contributed by atoms with Crippen LogP contribution in [0.3, 0.4) is 0 Å². The second-order valence-electron chi connectivity index (χ2n) is 7.27. The second-order valence-corrected chi connectivity index (χ2v) is 7.27. The van der Waals surface area contributed by atoms with Gasteiger partial charge in [0.1, 0.15) is 5.82 Å². The van der Waals surface area contributed by atoms with E-state index in [2.05, 4.69) is 16.0 Å². The van der Waals surface area contributed by atoms with Crippen LogP contribution in [0.2, 0.25) is 0 Å². The van der Waals surface area contributed by atoms with Crippen LogP contribution in [-0.4, -0.2) is 51.9 Å². The van der Waals surface area contributed by atoms with Gasteiger partial charge in [0.15, 0.2) is 5.82 Å². The van der Waals surface area contributed by atoms with Crippen molar-refractivity contribution < 1.29 is 4.79 Å². The maximum Gasteiger partial charge on any atom is 0.255 e. The normalized spacial score (nSPS) is 14.1. The highest BCUT2D eigenvalue weighted by Crippen LogP contribution is 2.28. The van der Waals surface area contributed by atoms with Crippen LogP contribution in [-0.2, 0) is 0 Å². The van der Waals surface area contributed by atoms with Crippen molar-refractivity contribution in [1.82, 2.24) is 19.9 Å². The van der Waals surface area contributed by atoms with E-state index in [4.69, 9.17) is 9.97 Å². The molecule has 2 aromatic heterocycles. The lowest BCUT2D eigenvalue weighted by Gasteiger charge is -2.36. The van der Waals surface area contributed by atoms with Crippen molar-refractivity contribution >= 4 is 22.6 Å².